The van der Waals surface area contributed by atoms with E-state index in [0.717, 1.165) is 22.6 Å². The van der Waals surface area contributed by atoms with Crippen LogP contribution in [0.4, 0.5) is 4.79 Å². The maximum Gasteiger partial charge on any atom is 0.408 e. The van der Waals surface area contributed by atoms with Gasteiger partial charge >= 0.3 is 12.1 Å². The van der Waals surface area contributed by atoms with Gasteiger partial charge in [-0.15, -0.1) is 11.3 Å². The van der Waals surface area contributed by atoms with E-state index in [1.54, 1.807) is 33.3 Å². The van der Waals surface area contributed by atoms with Crippen LogP contribution in [0.25, 0.3) is 0 Å². The van der Waals surface area contributed by atoms with Crippen molar-refractivity contribution in [2.45, 2.75) is 52.0 Å². The molecule has 0 aliphatic rings. The minimum atomic E-state index is -0.652. The molecule has 0 spiro atoms. The summed E-state index contributed by atoms with van der Waals surface area (Å²) in [5.74, 6) is 0.225. The summed E-state index contributed by atoms with van der Waals surface area (Å²) in [6.07, 6.45) is -1.05. The van der Waals surface area contributed by atoms with Crippen LogP contribution >= 0.6 is 11.3 Å². The summed E-state index contributed by atoms with van der Waals surface area (Å²) in [5.41, 5.74) is 0.793. The highest BCUT2D eigenvalue weighted by molar-refractivity contribution is 7.11. The molecule has 1 aromatic carbocycles. The van der Waals surface area contributed by atoms with Crippen molar-refractivity contribution in [1.29, 1.82) is 0 Å². The lowest BCUT2D eigenvalue weighted by Gasteiger charge is -2.26. The highest BCUT2D eigenvalue weighted by Crippen LogP contribution is 2.24. The predicted octanol–water partition coefficient (Wildman–Crippen LogP) is 4.11. The number of hydrogen-bond donors (Lipinski definition) is 1. The number of carbonyl (C=O) groups excluding carboxylic acids is 2. The fourth-order valence-electron chi connectivity index (χ4n) is 2.52. The highest BCUT2D eigenvalue weighted by Gasteiger charge is 2.28. The molecule has 0 saturated carbocycles. The van der Waals surface area contributed by atoms with Crippen molar-refractivity contribution in [3.05, 3.63) is 45.9 Å². The van der Waals surface area contributed by atoms with E-state index < -0.39 is 29.8 Å². The van der Waals surface area contributed by atoms with Crippen LogP contribution in [0.2, 0.25) is 0 Å². The number of rotatable bonds is 8. The maximum atomic E-state index is 12.4. The first-order chi connectivity index (χ1) is 14.1. The van der Waals surface area contributed by atoms with Crippen LogP contribution in [-0.2, 0) is 20.8 Å². The number of hydrogen-bond acceptors (Lipinski definition) is 8. The first kappa shape index (κ1) is 23.6. The summed E-state index contributed by atoms with van der Waals surface area (Å²) in [7, 11) is 2.90. The summed E-state index contributed by atoms with van der Waals surface area (Å²) >= 11 is 1.14. The average molecular weight is 437 g/mol. The summed E-state index contributed by atoms with van der Waals surface area (Å²) < 4.78 is 21.2. The zero-order valence-corrected chi connectivity index (χ0v) is 18.9. The average Bonchev–Trinajstić information content (AvgIpc) is 3.18. The molecule has 2 atom stereocenters. The molecular formula is C21H28N2O6S. The lowest BCUT2D eigenvalue weighted by atomic mass is 10.1. The number of nitrogens with zero attached hydrogens (tertiary/aromatic N) is 1. The Morgan fingerprint density at radius 1 is 1.17 bits per heavy atom. The molecule has 1 heterocycles. The van der Waals surface area contributed by atoms with Crippen molar-refractivity contribution in [2.24, 2.45) is 0 Å². The largest absolute Gasteiger partial charge is 0.497 e. The highest BCUT2D eigenvalue weighted by atomic mass is 32.1. The second-order valence-corrected chi connectivity index (χ2v) is 8.42. The van der Waals surface area contributed by atoms with Crippen LogP contribution in [0.1, 0.15) is 54.8 Å². The topological polar surface area (TPSA) is 96.0 Å². The van der Waals surface area contributed by atoms with Gasteiger partial charge < -0.3 is 24.3 Å². The van der Waals surface area contributed by atoms with Gasteiger partial charge in [-0.05, 0) is 45.4 Å². The first-order valence-corrected chi connectivity index (χ1v) is 10.3. The summed E-state index contributed by atoms with van der Waals surface area (Å²) in [4.78, 5) is 28.4. The summed E-state index contributed by atoms with van der Waals surface area (Å²) in [6, 6.07) is 6.89. The van der Waals surface area contributed by atoms with Crippen LogP contribution in [-0.4, -0.2) is 43.0 Å². The van der Waals surface area contributed by atoms with Crippen molar-refractivity contribution >= 4 is 23.4 Å². The minimum Gasteiger partial charge on any atom is -0.497 e. The SMILES string of the molecule is COC(=O)c1nc([C@@H](NC(=O)OC(C)(C)C)[C@@H](C)OCc2ccc(OC)cc2)cs1. The fraction of sp³-hybridized carbons (Fsp3) is 0.476. The second-order valence-electron chi connectivity index (χ2n) is 7.56. The molecule has 1 aromatic heterocycles. The van der Waals surface area contributed by atoms with Gasteiger partial charge in [0.1, 0.15) is 17.4 Å². The molecular weight excluding hydrogens is 408 g/mol. The monoisotopic (exact) mass is 436 g/mol. The number of esters is 1. The van der Waals surface area contributed by atoms with Gasteiger partial charge in [-0.3, -0.25) is 0 Å². The lowest BCUT2D eigenvalue weighted by molar-refractivity contribution is 0.0134. The van der Waals surface area contributed by atoms with Gasteiger partial charge in [-0.2, -0.15) is 0 Å². The molecule has 0 aliphatic heterocycles. The van der Waals surface area contributed by atoms with E-state index in [2.05, 4.69) is 10.3 Å². The van der Waals surface area contributed by atoms with Crippen molar-refractivity contribution in [2.75, 3.05) is 14.2 Å². The Balaban J connectivity index is 2.15. The number of thiazole rings is 1. The Bertz CT molecular complexity index is 844. The third-order valence-corrected chi connectivity index (χ3v) is 4.85. The van der Waals surface area contributed by atoms with Crippen molar-refractivity contribution < 1.29 is 28.5 Å². The summed E-state index contributed by atoms with van der Waals surface area (Å²) in [6.45, 7) is 7.49. The molecule has 2 rings (SSSR count). The zero-order valence-electron chi connectivity index (χ0n) is 18.1. The van der Waals surface area contributed by atoms with Gasteiger partial charge in [0, 0.05) is 5.38 Å². The molecule has 2 aromatic rings. The number of alkyl carbamates (subject to hydrolysis) is 1. The van der Waals surface area contributed by atoms with Gasteiger partial charge in [0.05, 0.1) is 32.6 Å². The van der Waals surface area contributed by atoms with Crippen LogP contribution in [0.5, 0.6) is 5.75 Å². The van der Waals surface area contributed by atoms with E-state index in [9.17, 15) is 9.59 Å². The second kappa shape index (κ2) is 10.4. The number of benzene rings is 1. The molecule has 30 heavy (non-hydrogen) atoms. The Hall–Kier alpha value is -2.65. The first-order valence-electron chi connectivity index (χ1n) is 9.40. The number of nitrogens with one attached hydrogen (secondary N) is 1. The van der Waals surface area contributed by atoms with Gasteiger partial charge in [-0.1, -0.05) is 12.1 Å². The number of carbonyl (C=O) groups is 2. The maximum absolute atomic E-state index is 12.4. The van der Waals surface area contributed by atoms with E-state index in [0.29, 0.717) is 12.3 Å². The van der Waals surface area contributed by atoms with Gasteiger partial charge in [-0.25, -0.2) is 14.6 Å². The molecule has 8 nitrogen and oxygen atoms in total. The fourth-order valence-corrected chi connectivity index (χ4v) is 3.29. The van der Waals surface area contributed by atoms with E-state index >= 15 is 0 Å². The number of methoxy groups -OCH3 is 2. The molecule has 1 N–H and O–H groups in total. The van der Waals surface area contributed by atoms with Crippen LogP contribution < -0.4 is 10.1 Å². The van der Waals surface area contributed by atoms with E-state index in [4.69, 9.17) is 18.9 Å². The predicted molar refractivity (Wildman–Crippen MR) is 113 cm³/mol. The van der Waals surface area contributed by atoms with Crippen LogP contribution in [0, 0.1) is 0 Å². The minimum absolute atomic E-state index is 0.200. The number of aromatic nitrogens is 1. The number of ether oxygens (including phenoxy) is 4. The molecule has 0 saturated heterocycles. The molecule has 0 unspecified atom stereocenters. The molecule has 0 bridgehead atoms. The zero-order chi connectivity index (χ0) is 22.3. The Morgan fingerprint density at radius 3 is 2.40 bits per heavy atom. The molecule has 0 radical (unpaired) electrons. The van der Waals surface area contributed by atoms with E-state index in [1.165, 1.54) is 7.11 Å². The van der Waals surface area contributed by atoms with E-state index in [1.807, 2.05) is 31.2 Å². The lowest BCUT2D eigenvalue weighted by Crippen LogP contribution is -2.40. The molecule has 1 amide bonds. The van der Waals surface area contributed by atoms with Crippen molar-refractivity contribution in [3.8, 4) is 5.75 Å². The molecule has 164 valence electrons. The van der Waals surface area contributed by atoms with Gasteiger partial charge in [0.25, 0.3) is 0 Å². The Labute approximate surface area is 180 Å². The normalized spacial score (nSPS) is 13.3. The van der Waals surface area contributed by atoms with E-state index in [-0.39, 0.29) is 5.01 Å². The molecule has 0 fully saturated rings. The molecule has 0 aliphatic carbocycles. The van der Waals surface area contributed by atoms with Crippen LogP contribution in [0.3, 0.4) is 0 Å². The Morgan fingerprint density at radius 2 is 1.83 bits per heavy atom. The smallest absolute Gasteiger partial charge is 0.408 e. The quantitative estimate of drug-likeness (QED) is 0.622. The number of amides is 1. The standard InChI is InChI=1S/C21H28N2O6S/c1-13(28-11-14-7-9-15(26-5)10-8-14)17(23-20(25)29-21(2,3)4)16-12-30-18(22-16)19(24)27-6/h7-10,12-13,17H,11H2,1-6H3,(H,23,25)/t13-,17+/m1/s1. The Kier molecular flexibility index (Phi) is 8.19. The van der Waals surface area contributed by atoms with Gasteiger partial charge in [0.15, 0.2) is 0 Å². The van der Waals surface area contributed by atoms with Crippen molar-refractivity contribution in [1.82, 2.24) is 10.3 Å². The van der Waals surface area contributed by atoms with Crippen LogP contribution in [0.15, 0.2) is 29.6 Å². The van der Waals surface area contributed by atoms with Crippen molar-refractivity contribution in [3.63, 3.8) is 0 Å². The third-order valence-electron chi connectivity index (χ3n) is 4.01. The third kappa shape index (κ3) is 7.00. The van der Waals surface area contributed by atoms with Gasteiger partial charge in [0.2, 0.25) is 5.01 Å². The summed E-state index contributed by atoms with van der Waals surface area (Å²) in [5, 5.41) is 4.70. The molecule has 9 heteroatoms.